The number of aryl methyl sites for hydroxylation is 1. The van der Waals surface area contributed by atoms with Crippen molar-refractivity contribution in [1.82, 2.24) is 9.21 Å². The number of sulfonamides is 1. The molecule has 0 unspecified atom stereocenters. The molecular formula is C30H36N2O4S. The van der Waals surface area contributed by atoms with Crippen molar-refractivity contribution in [3.8, 4) is 11.5 Å². The third-order valence-corrected chi connectivity index (χ3v) is 9.20. The number of benzene rings is 3. The standard InChI is InChI=1S/C30H36N2O4S/c1-24-9-15-29(16-10-24)37(33,34)32-22-26-7-3-4-8-30(26)36-23-27(32)21-25-11-13-28(14-12-25)35-20-19-31-17-5-2-6-18-31/h3-4,7-16,27H,2,5-6,17-23H2,1H3/t27-/m0/s1. The smallest absolute Gasteiger partial charge is 0.243 e. The van der Waals surface area contributed by atoms with Crippen LogP contribution >= 0.6 is 0 Å². The van der Waals surface area contributed by atoms with E-state index in [2.05, 4.69) is 4.90 Å². The van der Waals surface area contributed by atoms with Gasteiger partial charge in [0.1, 0.15) is 24.7 Å². The molecule has 1 saturated heterocycles. The number of rotatable bonds is 8. The van der Waals surface area contributed by atoms with Crippen molar-refractivity contribution in [1.29, 1.82) is 0 Å². The molecule has 0 aliphatic carbocycles. The molecule has 196 valence electrons. The van der Waals surface area contributed by atoms with Gasteiger partial charge in [0.05, 0.1) is 10.9 Å². The van der Waals surface area contributed by atoms with E-state index in [0.29, 0.717) is 17.9 Å². The predicted molar refractivity (Wildman–Crippen MR) is 146 cm³/mol. The van der Waals surface area contributed by atoms with E-state index in [4.69, 9.17) is 9.47 Å². The van der Waals surface area contributed by atoms with Gasteiger partial charge in [-0.3, -0.25) is 4.90 Å². The zero-order valence-corrected chi connectivity index (χ0v) is 22.3. The number of ether oxygens (including phenoxy) is 2. The average Bonchev–Trinajstić information content (AvgIpc) is 3.11. The Kier molecular flexibility index (Phi) is 8.13. The molecule has 3 aromatic rings. The minimum atomic E-state index is -3.72. The van der Waals surface area contributed by atoms with E-state index in [1.807, 2.05) is 67.6 Å². The second-order valence-corrected chi connectivity index (χ2v) is 11.9. The van der Waals surface area contributed by atoms with Gasteiger partial charge in [-0.1, -0.05) is 54.4 Å². The molecule has 0 amide bonds. The highest BCUT2D eigenvalue weighted by Gasteiger charge is 2.35. The number of hydrogen-bond acceptors (Lipinski definition) is 5. The van der Waals surface area contributed by atoms with Crippen LogP contribution < -0.4 is 9.47 Å². The van der Waals surface area contributed by atoms with Gasteiger partial charge >= 0.3 is 0 Å². The van der Waals surface area contributed by atoms with Gasteiger partial charge in [-0.2, -0.15) is 4.31 Å². The minimum absolute atomic E-state index is 0.273. The normalized spacial score (nSPS) is 19.0. The Morgan fingerprint density at radius 2 is 1.65 bits per heavy atom. The van der Waals surface area contributed by atoms with E-state index < -0.39 is 10.0 Å². The molecule has 1 atom stereocenters. The van der Waals surface area contributed by atoms with E-state index in [9.17, 15) is 8.42 Å². The van der Waals surface area contributed by atoms with Crippen LogP contribution in [0.1, 0.15) is 36.0 Å². The van der Waals surface area contributed by atoms with Gasteiger partial charge in [0.15, 0.2) is 0 Å². The molecule has 0 spiro atoms. The average molecular weight is 521 g/mol. The van der Waals surface area contributed by atoms with Crippen LogP contribution in [0.5, 0.6) is 11.5 Å². The minimum Gasteiger partial charge on any atom is -0.492 e. The van der Waals surface area contributed by atoms with Crippen LogP contribution in [0.15, 0.2) is 77.7 Å². The van der Waals surface area contributed by atoms with Gasteiger partial charge in [-0.05, 0) is 75.2 Å². The molecule has 5 rings (SSSR count). The molecule has 2 aliphatic heterocycles. The van der Waals surface area contributed by atoms with Crippen molar-refractivity contribution < 1.29 is 17.9 Å². The van der Waals surface area contributed by atoms with Gasteiger partial charge in [0, 0.05) is 18.7 Å². The zero-order chi connectivity index (χ0) is 25.7. The maximum absolute atomic E-state index is 13.8. The van der Waals surface area contributed by atoms with Crippen molar-refractivity contribution >= 4 is 10.0 Å². The highest BCUT2D eigenvalue weighted by atomic mass is 32.2. The lowest BCUT2D eigenvalue weighted by atomic mass is 10.1. The molecule has 0 N–H and O–H groups in total. The van der Waals surface area contributed by atoms with E-state index in [0.717, 1.165) is 47.8 Å². The fraction of sp³-hybridized carbons (Fsp3) is 0.400. The van der Waals surface area contributed by atoms with Gasteiger partial charge in [-0.25, -0.2) is 8.42 Å². The Morgan fingerprint density at radius 3 is 2.41 bits per heavy atom. The van der Waals surface area contributed by atoms with E-state index in [1.54, 1.807) is 16.4 Å². The summed E-state index contributed by atoms with van der Waals surface area (Å²) < 4.78 is 41.3. The predicted octanol–water partition coefficient (Wildman–Crippen LogP) is 5.05. The number of nitrogens with zero attached hydrogens (tertiary/aromatic N) is 2. The molecule has 1 fully saturated rings. The lowest BCUT2D eigenvalue weighted by Crippen LogP contribution is -2.43. The first-order valence-electron chi connectivity index (χ1n) is 13.2. The summed E-state index contributed by atoms with van der Waals surface area (Å²) in [5.74, 6) is 1.58. The summed E-state index contributed by atoms with van der Waals surface area (Å²) in [5, 5.41) is 0. The number of likely N-dealkylation sites (tertiary alicyclic amines) is 1. The van der Waals surface area contributed by atoms with Gasteiger partial charge in [0.25, 0.3) is 0 Å². The Hall–Kier alpha value is -2.87. The maximum atomic E-state index is 13.8. The van der Waals surface area contributed by atoms with Crippen LogP contribution in [0.2, 0.25) is 0 Å². The van der Waals surface area contributed by atoms with E-state index >= 15 is 0 Å². The molecule has 3 aromatic carbocycles. The first-order valence-corrected chi connectivity index (χ1v) is 14.7. The van der Waals surface area contributed by atoms with Crippen LogP contribution in [0.4, 0.5) is 0 Å². The lowest BCUT2D eigenvalue weighted by molar-refractivity contribution is 0.183. The lowest BCUT2D eigenvalue weighted by Gasteiger charge is -2.28. The Labute approximate surface area is 220 Å². The molecule has 7 heteroatoms. The largest absolute Gasteiger partial charge is 0.492 e. The summed E-state index contributed by atoms with van der Waals surface area (Å²) in [6, 6.07) is 22.4. The Bertz CT molecular complexity index is 1270. The highest BCUT2D eigenvalue weighted by molar-refractivity contribution is 7.89. The Morgan fingerprint density at radius 1 is 0.919 bits per heavy atom. The third kappa shape index (κ3) is 6.35. The molecule has 0 saturated carbocycles. The highest BCUT2D eigenvalue weighted by Crippen LogP contribution is 2.31. The molecule has 2 aliphatic rings. The zero-order valence-electron chi connectivity index (χ0n) is 21.5. The molecular weight excluding hydrogens is 484 g/mol. The van der Waals surface area contributed by atoms with Crippen LogP contribution in [0, 0.1) is 6.92 Å². The fourth-order valence-corrected chi connectivity index (χ4v) is 6.69. The van der Waals surface area contributed by atoms with Crippen LogP contribution in [-0.4, -0.2) is 56.5 Å². The second kappa shape index (κ2) is 11.7. The van der Waals surface area contributed by atoms with Crippen molar-refractivity contribution in [2.24, 2.45) is 0 Å². The third-order valence-electron chi connectivity index (χ3n) is 7.28. The summed E-state index contributed by atoms with van der Waals surface area (Å²) in [6.45, 7) is 6.47. The summed E-state index contributed by atoms with van der Waals surface area (Å²) in [6.07, 6.45) is 4.44. The van der Waals surface area contributed by atoms with Crippen LogP contribution in [-0.2, 0) is 23.0 Å². The molecule has 6 nitrogen and oxygen atoms in total. The van der Waals surface area contributed by atoms with Crippen LogP contribution in [0.3, 0.4) is 0 Å². The first kappa shape index (κ1) is 25.8. The summed E-state index contributed by atoms with van der Waals surface area (Å²) >= 11 is 0. The quantitative estimate of drug-likeness (QED) is 0.416. The van der Waals surface area contributed by atoms with E-state index in [-0.39, 0.29) is 19.2 Å². The molecule has 0 aromatic heterocycles. The van der Waals surface area contributed by atoms with Crippen LogP contribution in [0.25, 0.3) is 0 Å². The summed E-state index contributed by atoms with van der Waals surface area (Å²) in [7, 11) is -3.72. The van der Waals surface area contributed by atoms with Crippen molar-refractivity contribution in [3.63, 3.8) is 0 Å². The van der Waals surface area contributed by atoms with Gasteiger partial charge in [0.2, 0.25) is 10.0 Å². The van der Waals surface area contributed by atoms with Crippen molar-refractivity contribution in [3.05, 3.63) is 89.5 Å². The fourth-order valence-electron chi connectivity index (χ4n) is 5.10. The SMILES string of the molecule is Cc1ccc(S(=O)(=O)N2Cc3ccccc3OC[C@@H]2Cc2ccc(OCCN3CCCCC3)cc2)cc1. The number of piperidine rings is 1. The topological polar surface area (TPSA) is 59.1 Å². The first-order chi connectivity index (χ1) is 18.0. The summed E-state index contributed by atoms with van der Waals surface area (Å²) in [5.41, 5.74) is 2.95. The van der Waals surface area contributed by atoms with Gasteiger partial charge in [-0.15, -0.1) is 0 Å². The van der Waals surface area contributed by atoms with Crippen molar-refractivity contribution in [2.45, 2.75) is 50.1 Å². The number of fused-ring (bicyclic) bond motifs is 1. The molecule has 0 radical (unpaired) electrons. The number of para-hydroxylation sites is 1. The maximum Gasteiger partial charge on any atom is 0.243 e. The monoisotopic (exact) mass is 520 g/mol. The van der Waals surface area contributed by atoms with Crippen molar-refractivity contribution in [2.75, 3.05) is 32.8 Å². The number of hydrogen-bond donors (Lipinski definition) is 0. The Balaban J connectivity index is 1.30. The molecule has 2 heterocycles. The molecule has 37 heavy (non-hydrogen) atoms. The van der Waals surface area contributed by atoms with Gasteiger partial charge < -0.3 is 9.47 Å². The molecule has 0 bridgehead atoms. The van der Waals surface area contributed by atoms with E-state index in [1.165, 1.54) is 19.3 Å². The second-order valence-electron chi connectivity index (χ2n) is 10.0. The summed E-state index contributed by atoms with van der Waals surface area (Å²) in [4.78, 5) is 2.77.